The number of hydrogen-bond acceptors (Lipinski definition) is 8. The van der Waals surface area contributed by atoms with E-state index < -0.39 is 6.61 Å². The van der Waals surface area contributed by atoms with E-state index in [2.05, 4.69) is 19.9 Å². The molecule has 2 aromatic rings. The standard InChI is InChI=1S/C19H22F2N6O2/c1-19(2)17-25-13-12(9-3-4-9)24-15(26-16(13)27(17)5-6-28-19)10-7-11(29-18(20)21)14(22)23-8-10/h7-9,17-18,25H,3-6H2,1-2H3,(H2,22,23). The van der Waals surface area contributed by atoms with Gasteiger partial charge in [0.25, 0.3) is 0 Å². The molecule has 5 rings (SSSR count). The maximum Gasteiger partial charge on any atom is 0.387 e. The van der Waals surface area contributed by atoms with Crippen molar-refractivity contribution >= 4 is 17.3 Å². The molecule has 10 heteroatoms. The van der Waals surface area contributed by atoms with Crippen LogP contribution in [0.2, 0.25) is 0 Å². The molecule has 1 aliphatic carbocycles. The van der Waals surface area contributed by atoms with Crippen LogP contribution in [-0.2, 0) is 4.74 Å². The second-order valence-corrected chi connectivity index (χ2v) is 8.08. The summed E-state index contributed by atoms with van der Waals surface area (Å²) in [4.78, 5) is 15.7. The largest absolute Gasteiger partial charge is 0.431 e. The Hall–Kier alpha value is -2.75. The minimum Gasteiger partial charge on any atom is -0.431 e. The van der Waals surface area contributed by atoms with Gasteiger partial charge in [-0.3, -0.25) is 0 Å². The van der Waals surface area contributed by atoms with Crippen molar-refractivity contribution in [3.8, 4) is 17.1 Å². The van der Waals surface area contributed by atoms with Crippen LogP contribution >= 0.6 is 0 Å². The number of nitrogens with zero attached hydrogens (tertiary/aromatic N) is 4. The van der Waals surface area contributed by atoms with E-state index in [1.54, 1.807) is 0 Å². The zero-order chi connectivity index (χ0) is 20.3. The first-order valence-electron chi connectivity index (χ1n) is 9.63. The van der Waals surface area contributed by atoms with E-state index in [4.69, 9.17) is 20.4 Å². The molecule has 1 saturated carbocycles. The van der Waals surface area contributed by atoms with E-state index in [9.17, 15) is 8.78 Å². The van der Waals surface area contributed by atoms with Crippen LogP contribution in [0.15, 0.2) is 12.3 Å². The van der Waals surface area contributed by atoms with Crippen LogP contribution in [0, 0.1) is 0 Å². The number of alkyl halides is 2. The Labute approximate surface area is 166 Å². The first-order valence-corrected chi connectivity index (χ1v) is 9.63. The van der Waals surface area contributed by atoms with Crippen molar-refractivity contribution in [3.05, 3.63) is 18.0 Å². The molecule has 2 fully saturated rings. The molecule has 29 heavy (non-hydrogen) atoms. The number of fused-ring (bicyclic) bond motifs is 3. The van der Waals surface area contributed by atoms with Crippen LogP contribution in [-0.4, -0.2) is 46.5 Å². The van der Waals surface area contributed by atoms with Gasteiger partial charge in [0, 0.05) is 24.2 Å². The summed E-state index contributed by atoms with van der Waals surface area (Å²) in [7, 11) is 0. The Morgan fingerprint density at radius 2 is 2.14 bits per heavy atom. The highest BCUT2D eigenvalue weighted by Gasteiger charge is 2.47. The topological polar surface area (TPSA) is 98.4 Å². The van der Waals surface area contributed by atoms with Crippen LogP contribution in [0.3, 0.4) is 0 Å². The molecule has 1 atom stereocenters. The van der Waals surface area contributed by atoms with Crippen molar-refractivity contribution in [2.24, 2.45) is 0 Å². The minimum absolute atomic E-state index is 0.0458. The third-order valence-electron chi connectivity index (χ3n) is 5.57. The predicted molar refractivity (Wildman–Crippen MR) is 103 cm³/mol. The quantitative estimate of drug-likeness (QED) is 0.803. The molecule has 3 aliphatic rings. The van der Waals surface area contributed by atoms with Gasteiger partial charge in [0.2, 0.25) is 0 Å². The maximum absolute atomic E-state index is 12.7. The number of halogens is 2. The van der Waals surface area contributed by atoms with Crippen molar-refractivity contribution in [1.29, 1.82) is 0 Å². The summed E-state index contributed by atoms with van der Waals surface area (Å²) in [6, 6.07) is 1.41. The van der Waals surface area contributed by atoms with E-state index in [1.807, 2.05) is 13.8 Å². The minimum atomic E-state index is -2.99. The average molecular weight is 404 g/mol. The van der Waals surface area contributed by atoms with Gasteiger partial charge in [0.05, 0.1) is 12.3 Å². The smallest absolute Gasteiger partial charge is 0.387 e. The molecular weight excluding hydrogens is 382 g/mol. The normalized spacial score (nSPS) is 22.2. The molecule has 1 unspecified atom stereocenters. The summed E-state index contributed by atoms with van der Waals surface area (Å²) >= 11 is 0. The third kappa shape index (κ3) is 3.11. The number of hydrogen-bond donors (Lipinski definition) is 2. The van der Waals surface area contributed by atoms with Gasteiger partial charge >= 0.3 is 6.61 Å². The number of pyridine rings is 1. The van der Waals surface area contributed by atoms with Gasteiger partial charge < -0.3 is 25.4 Å². The van der Waals surface area contributed by atoms with Crippen molar-refractivity contribution in [2.75, 3.05) is 29.1 Å². The fourth-order valence-corrected chi connectivity index (χ4v) is 3.97. The molecule has 154 valence electrons. The number of anilines is 3. The number of nitrogens with two attached hydrogens (primary N) is 1. The molecule has 1 saturated heterocycles. The number of aromatic nitrogens is 3. The molecule has 2 aromatic heterocycles. The van der Waals surface area contributed by atoms with Gasteiger partial charge in [-0.15, -0.1) is 0 Å². The molecule has 0 radical (unpaired) electrons. The zero-order valence-corrected chi connectivity index (χ0v) is 16.2. The van der Waals surface area contributed by atoms with Crippen LogP contribution in [0.25, 0.3) is 11.4 Å². The van der Waals surface area contributed by atoms with Gasteiger partial charge in [0.15, 0.2) is 23.2 Å². The molecule has 3 N–H and O–H groups in total. The highest BCUT2D eigenvalue weighted by molar-refractivity contribution is 5.78. The second kappa shape index (κ2) is 6.38. The summed E-state index contributed by atoms with van der Waals surface area (Å²) in [6.07, 6.45) is 3.56. The zero-order valence-electron chi connectivity index (χ0n) is 16.2. The fraction of sp³-hybridized carbons (Fsp3) is 0.526. The maximum atomic E-state index is 12.7. The lowest BCUT2D eigenvalue weighted by atomic mass is 10.0. The Kier molecular flexibility index (Phi) is 4.02. The summed E-state index contributed by atoms with van der Waals surface area (Å²) in [5, 5.41) is 3.56. The highest BCUT2D eigenvalue weighted by atomic mass is 19.3. The van der Waals surface area contributed by atoms with Crippen molar-refractivity contribution < 1.29 is 18.3 Å². The van der Waals surface area contributed by atoms with Gasteiger partial charge in [-0.2, -0.15) is 8.78 Å². The predicted octanol–water partition coefficient (Wildman–Crippen LogP) is 2.97. The molecule has 8 nitrogen and oxygen atoms in total. The van der Waals surface area contributed by atoms with Crippen molar-refractivity contribution in [3.63, 3.8) is 0 Å². The highest BCUT2D eigenvalue weighted by Crippen LogP contribution is 2.49. The lowest BCUT2D eigenvalue weighted by Gasteiger charge is -2.42. The fourth-order valence-electron chi connectivity index (χ4n) is 3.97. The van der Waals surface area contributed by atoms with Crippen LogP contribution in [0.1, 0.15) is 38.3 Å². The first kappa shape index (κ1) is 18.3. The second-order valence-electron chi connectivity index (χ2n) is 8.08. The summed E-state index contributed by atoms with van der Waals surface area (Å²) in [5.41, 5.74) is 7.65. The van der Waals surface area contributed by atoms with Gasteiger partial charge in [-0.25, -0.2) is 15.0 Å². The molecular formula is C19H22F2N6O2. The average Bonchev–Trinajstić information content (AvgIpc) is 3.43. The first-order chi connectivity index (χ1) is 13.8. The van der Waals surface area contributed by atoms with Crippen molar-refractivity contribution in [1.82, 2.24) is 15.0 Å². The third-order valence-corrected chi connectivity index (χ3v) is 5.57. The van der Waals surface area contributed by atoms with Gasteiger partial charge in [-0.1, -0.05) is 0 Å². The number of nitrogen functional groups attached to an aromatic ring is 1. The Morgan fingerprint density at radius 1 is 1.34 bits per heavy atom. The molecule has 0 spiro atoms. The van der Waals surface area contributed by atoms with E-state index >= 15 is 0 Å². The number of nitrogens with one attached hydrogen (secondary N) is 1. The number of ether oxygens (including phenoxy) is 2. The number of rotatable bonds is 4. The van der Waals surface area contributed by atoms with E-state index in [-0.39, 0.29) is 23.3 Å². The summed E-state index contributed by atoms with van der Waals surface area (Å²) < 4.78 is 35.8. The number of morpholine rings is 1. The Morgan fingerprint density at radius 3 is 2.86 bits per heavy atom. The monoisotopic (exact) mass is 404 g/mol. The molecule has 4 heterocycles. The van der Waals surface area contributed by atoms with E-state index in [0.717, 1.165) is 30.0 Å². The van der Waals surface area contributed by atoms with Crippen LogP contribution in [0.4, 0.5) is 26.1 Å². The van der Waals surface area contributed by atoms with Crippen LogP contribution < -0.4 is 20.7 Å². The SMILES string of the molecule is CC1(C)OCCN2c3nc(-c4cnc(N)c(OC(F)F)c4)nc(C4CC4)c3NC21. The van der Waals surface area contributed by atoms with Crippen molar-refractivity contribution in [2.45, 2.75) is 51.0 Å². The Bertz CT molecular complexity index is 966. The lowest BCUT2D eigenvalue weighted by Crippen LogP contribution is -2.58. The molecule has 2 aliphatic heterocycles. The molecule has 0 amide bonds. The van der Waals surface area contributed by atoms with Crippen LogP contribution in [0.5, 0.6) is 5.75 Å². The summed E-state index contributed by atoms with van der Waals surface area (Å²) in [5.74, 6) is 1.31. The van der Waals surface area contributed by atoms with E-state index in [1.165, 1.54) is 12.3 Å². The van der Waals surface area contributed by atoms with E-state index in [0.29, 0.717) is 30.5 Å². The Balaban J connectivity index is 1.60. The van der Waals surface area contributed by atoms with Gasteiger partial charge in [0.1, 0.15) is 17.5 Å². The molecule has 0 aromatic carbocycles. The molecule has 0 bridgehead atoms. The van der Waals surface area contributed by atoms with Gasteiger partial charge in [-0.05, 0) is 32.8 Å². The lowest BCUT2D eigenvalue weighted by molar-refractivity contribution is -0.0496. The summed E-state index contributed by atoms with van der Waals surface area (Å²) in [6.45, 7) is 2.41.